The van der Waals surface area contributed by atoms with Crippen molar-refractivity contribution in [1.29, 1.82) is 0 Å². The number of nitrogens with zero attached hydrogens (tertiary/aromatic N) is 3. The van der Waals surface area contributed by atoms with Crippen molar-refractivity contribution in [3.05, 3.63) is 75.9 Å². The van der Waals surface area contributed by atoms with Gasteiger partial charge in [0.15, 0.2) is 0 Å². The average Bonchev–Trinajstić information content (AvgIpc) is 3.29. The summed E-state index contributed by atoms with van der Waals surface area (Å²) in [5.74, 6) is 0.315. The number of pyridine rings is 1. The van der Waals surface area contributed by atoms with Gasteiger partial charge in [0.1, 0.15) is 0 Å². The molecule has 41 heavy (non-hydrogen) atoms. The summed E-state index contributed by atoms with van der Waals surface area (Å²) in [6.07, 6.45) is -1.32. The molecule has 2 N–H and O–H groups in total. The number of nitrogens with one attached hydrogen (secondary N) is 2. The maximum Gasteiger partial charge on any atom is 0.418 e. The maximum atomic E-state index is 14.1. The zero-order valence-corrected chi connectivity index (χ0v) is 23.2. The number of piperidine rings is 1. The molecule has 0 radical (unpaired) electrons. The lowest BCUT2D eigenvalue weighted by atomic mass is 9.71. The smallest absolute Gasteiger partial charge is 0.379 e. The number of aromatic amines is 1. The van der Waals surface area contributed by atoms with E-state index in [0.717, 1.165) is 74.7 Å². The summed E-state index contributed by atoms with van der Waals surface area (Å²) < 4.78 is 84.1. The van der Waals surface area contributed by atoms with Gasteiger partial charge in [0.25, 0.3) is 0 Å². The Morgan fingerprint density at radius 3 is 2.39 bits per heavy atom. The quantitative estimate of drug-likeness (QED) is 0.266. The Bertz CT molecular complexity index is 1340. The molecular weight excluding hydrogens is 544 g/mol. The van der Waals surface area contributed by atoms with Gasteiger partial charge in [-0.3, -0.25) is 15.0 Å². The molecule has 0 amide bonds. The topological polar surface area (TPSA) is 56.8 Å². The number of H-pyrrole nitrogens is 1. The van der Waals surface area contributed by atoms with E-state index >= 15 is 0 Å². The monoisotopic (exact) mass is 579 g/mol. The molecule has 1 aromatic carbocycles. The molecule has 2 fully saturated rings. The molecule has 5 rings (SSSR count). The number of rotatable bonds is 8. The SMILES string of the molecule is Cc1cn[nH]c1C(c1cc(NCc2ncc(CN3CCC[C@H](C)C3)cc2C(F)(F)F)cc(C(F)(F)F)c1)C1CCC1. The maximum absolute atomic E-state index is 14.1. The molecule has 1 aliphatic carbocycles. The molecule has 2 aromatic heterocycles. The van der Waals surface area contributed by atoms with Gasteiger partial charge in [0.2, 0.25) is 0 Å². The molecule has 0 spiro atoms. The first kappa shape index (κ1) is 29.4. The lowest BCUT2D eigenvalue weighted by molar-refractivity contribution is -0.139. The lowest BCUT2D eigenvalue weighted by Gasteiger charge is -2.34. The van der Waals surface area contributed by atoms with E-state index in [9.17, 15) is 26.3 Å². The average molecular weight is 580 g/mol. The first-order valence-corrected chi connectivity index (χ1v) is 14.1. The van der Waals surface area contributed by atoms with Crippen LogP contribution in [0.1, 0.15) is 84.2 Å². The van der Waals surface area contributed by atoms with Gasteiger partial charge in [-0.15, -0.1) is 0 Å². The van der Waals surface area contributed by atoms with Crippen molar-refractivity contribution in [2.24, 2.45) is 11.8 Å². The minimum atomic E-state index is -4.65. The third kappa shape index (κ3) is 6.88. The number of alkyl halides is 6. The van der Waals surface area contributed by atoms with Crippen molar-refractivity contribution >= 4 is 5.69 Å². The van der Waals surface area contributed by atoms with Crippen molar-refractivity contribution in [1.82, 2.24) is 20.1 Å². The standard InChI is InChI=1S/C30H35F6N5/c1-18-5-4-8-41(16-18)17-20-9-25(30(34,35)36)26(38-14-20)15-37-24-11-22(10-23(12-24)29(31,32)33)27(21-6-3-7-21)28-19(2)13-39-40-28/h9-14,18,21,27,37H,3-8,15-17H2,1-2H3,(H,39,40)/t18-,27?/m0/s1. The molecule has 0 bridgehead atoms. The van der Waals surface area contributed by atoms with Gasteiger partial charge >= 0.3 is 12.4 Å². The number of likely N-dealkylation sites (tertiary alicyclic amines) is 1. The van der Waals surface area contributed by atoms with Gasteiger partial charge in [0.05, 0.1) is 29.6 Å². The molecule has 5 nitrogen and oxygen atoms in total. The van der Waals surface area contributed by atoms with Gasteiger partial charge in [-0.05, 0) is 91.9 Å². The molecule has 1 saturated heterocycles. The van der Waals surface area contributed by atoms with E-state index in [1.165, 1.54) is 6.20 Å². The summed E-state index contributed by atoms with van der Waals surface area (Å²) in [4.78, 5) is 6.26. The van der Waals surface area contributed by atoms with Crippen LogP contribution in [0.15, 0.2) is 36.7 Å². The largest absolute Gasteiger partial charge is 0.418 e. The van der Waals surface area contributed by atoms with Crippen molar-refractivity contribution < 1.29 is 26.3 Å². The van der Waals surface area contributed by atoms with Crippen LogP contribution in [0.5, 0.6) is 0 Å². The van der Waals surface area contributed by atoms with Crippen LogP contribution in [0.2, 0.25) is 0 Å². The number of halogens is 6. The number of anilines is 1. The first-order valence-electron chi connectivity index (χ1n) is 14.1. The van der Waals surface area contributed by atoms with E-state index in [1.807, 2.05) is 6.92 Å². The van der Waals surface area contributed by atoms with E-state index < -0.39 is 23.5 Å². The molecule has 3 aromatic rings. The zero-order valence-electron chi connectivity index (χ0n) is 23.2. The Hall–Kier alpha value is -3.08. The number of aromatic nitrogens is 3. The first-order chi connectivity index (χ1) is 19.4. The van der Waals surface area contributed by atoms with Crippen molar-refractivity contribution in [2.75, 3.05) is 18.4 Å². The highest BCUT2D eigenvalue weighted by Gasteiger charge is 2.37. The Balaban J connectivity index is 1.43. The van der Waals surface area contributed by atoms with E-state index in [2.05, 4.69) is 32.3 Å². The second-order valence-electron chi connectivity index (χ2n) is 11.6. The third-order valence-electron chi connectivity index (χ3n) is 8.38. The van der Waals surface area contributed by atoms with Gasteiger partial charge in [-0.2, -0.15) is 31.4 Å². The minimum Gasteiger partial charge on any atom is -0.379 e. The Kier molecular flexibility index (Phi) is 8.36. The summed E-state index contributed by atoms with van der Waals surface area (Å²) >= 11 is 0. The van der Waals surface area contributed by atoms with Crippen molar-refractivity contribution in [3.63, 3.8) is 0 Å². The number of benzene rings is 1. The normalized spacial score (nSPS) is 19.7. The molecule has 3 heterocycles. The molecule has 11 heteroatoms. The van der Waals surface area contributed by atoms with Crippen LogP contribution < -0.4 is 5.32 Å². The second-order valence-corrected chi connectivity index (χ2v) is 11.6. The Morgan fingerprint density at radius 2 is 1.78 bits per heavy atom. The van der Waals surface area contributed by atoms with Gasteiger partial charge in [0, 0.05) is 36.6 Å². The highest BCUT2D eigenvalue weighted by molar-refractivity contribution is 5.53. The third-order valence-corrected chi connectivity index (χ3v) is 8.38. The number of hydrogen-bond donors (Lipinski definition) is 2. The molecule has 222 valence electrons. The molecule has 2 atom stereocenters. The summed E-state index contributed by atoms with van der Waals surface area (Å²) in [6, 6.07) is 4.82. The number of hydrogen-bond acceptors (Lipinski definition) is 4. The van der Waals surface area contributed by atoms with Crippen LogP contribution in [0, 0.1) is 18.8 Å². The molecule has 2 aliphatic rings. The van der Waals surface area contributed by atoms with Crippen molar-refractivity contribution in [3.8, 4) is 0 Å². The summed E-state index contributed by atoms with van der Waals surface area (Å²) in [5.41, 5.74) is 0.648. The minimum absolute atomic E-state index is 0.0950. The van der Waals surface area contributed by atoms with Crippen LogP contribution in [0.25, 0.3) is 0 Å². The molecule has 1 saturated carbocycles. The molecular formula is C30H35F6N5. The van der Waals surface area contributed by atoms with Crippen molar-refractivity contribution in [2.45, 2.75) is 77.3 Å². The second kappa shape index (κ2) is 11.7. The summed E-state index contributed by atoms with van der Waals surface area (Å²) in [7, 11) is 0. The zero-order chi connectivity index (χ0) is 29.4. The summed E-state index contributed by atoms with van der Waals surface area (Å²) in [5, 5.41) is 9.86. The van der Waals surface area contributed by atoms with Crippen LogP contribution >= 0.6 is 0 Å². The van der Waals surface area contributed by atoms with E-state index in [1.54, 1.807) is 12.3 Å². The van der Waals surface area contributed by atoms with E-state index in [-0.39, 0.29) is 29.8 Å². The van der Waals surface area contributed by atoms with Crippen LogP contribution in [0.4, 0.5) is 32.0 Å². The molecule has 1 unspecified atom stereocenters. The number of aryl methyl sites for hydroxylation is 1. The highest BCUT2D eigenvalue weighted by Crippen LogP contribution is 2.45. The van der Waals surface area contributed by atoms with Crippen LogP contribution in [-0.2, 0) is 25.4 Å². The van der Waals surface area contributed by atoms with Gasteiger partial charge < -0.3 is 5.32 Å². The Morgan fingerprint density at radius 1 is 1.00 bits per heavy atom. The van der Waals surface area contributed by atoms with Crippen LogP contribution in [0.3, 0.4) is 0 Å². The fourth-order valence-corrected chi connectivity index (χ4v) is 6.10. The van der Waals surface area contributed by atoms with E-state index in [0.29, 0.717) is 23.6 Å². The Labute approximate surface area is 235 Å². The highest BCUT2D eigenvalue weighted by atomic mass is 19.4. The van der Waals surface area contributed by atoms with E-state index in [4.69, 9.17) is 0 Å². The fourth-order valence-electron chi connectivity index (χ4n) is 6.10. The lowest BCUT2D eigenvalue weighted by Crippen LogP contribution is -2.33. The predicted octanol–water partition coefficient (Wildman–Crippen LogP) is 7.93. The fraction of sp³-hybridized carbons (Fsp3) is 0.533. The predicted molar refractivity (Wildman–Crippen MR) is 144 cm³/mol. The van der Waals surface area contributed by atoms with Gasteiger partial charge in [-0.1, -0.05) is 13.3 Å². The molecule has 1 aliphatic heterocycles. The summed E-state index contributed by atoms with van der Waals surface area (Å²) in [6.45, 7) is 5.64. The van der Waals surface area contributed by atoms with Gasteiger partial charge in [-0.25, -0.2) is 0 Å². The van der Waals surface area contributed by atoms with Crippen LogP contribution in [-0.4, -0.2) is 33.2 Å².